The lowest BCUT2D eigenvalue weighted by Crippen LogP contribution is -2.07. The highest BCUT2D eigenvalue weighted by Crippen LogP contribution is 2.16. The molecule has 0 fully saturated rings. The van der Waals surface area contributed by atoms with E-state index in [1.54, 1.807) is 19.2 Å². The molecular weight excluding hydrogens is 190 g/mol. The van der Waals surface area contributed by atoms with E-state index in [0.717, 1.165) is 16.6 Å². The minimum Gasteiger partial charge on any atom is -0.322 e. The van der Waals surface area contributed by atoms with Gasteiger partial charge in [-0.2, -0.15) is 5.10 Å². The Kier molecular flexibility index (Phi) is 2.49. The zero-order valence-electron chi connectivity index (χ0n) is 8.32. The van der Waals surface area contributed by atoms with Crippen LogP contribution in [0.2, 0.25) is 0 Å². The maximum Gasteiger partial charge on any atom is 0.248 e. The van der Waals surface area contributed by atoms with Gasteiger partial charge in [-0.05, 0) is 31.2 Å². The lowest BCUT2D eigenvalue weighted by molar-refractivity contribution is -0.111. The first kappa shape index (κ1) is 9.45. The van der Waals surface area contributed by atoms with E-state index in [1.165, 1.54) is 6.08 Å². The number of carbonyl (C=O) groups excluding carboxylic acids is 1. The smallest absolute Gasteiger partial charge is 0.248 e. The number of aromatic amines is 1. The zero-order valence-corrected chi connectivity index (χ0v) is 8.32. The highest BCUT2D eigenvalue weighted by Gasteiger charge is 1.99. The van der Waals surface area contributed by atoms with Crippen LogP contribution in [0, 0.1) is 0 Å². The van der Waals surface area contributed by atoms with Gasteiger partial charge in [-0.3, -0.25) is 9.89 Å². The number of H-pyrrole nitrogens is 1. The maximum absolute atomic E-state index is 11.3. The van der Waals surface area contributed by atoms with Crippen LogP contribution >= 0.6 is 0 Å². The zero-order chi connectivity index (χ0) is 10.7. The van der Waals surface area contributed by atoms with Crippen molar-refractivity contribution in [2.45, 2.75) is 6.92 Å². The summed E-state index contributed by atoms with van der Waals surface area (Å²) in [5, 5.41) is 10.5. The van der Waals surface area contributed by atoms with Crippen molar-refractivity contribution in [3.05, 3.63) is 36.5 Å². The lowest BCUT2D eigenvalue weighted by atomic mass is 10.2. The molecule has 0 aliphatic heterocycles. The third kappa shape index (κ3) is 2.04. The number of benzene rings is 1. The molecule has 1 heterocycles. The lowest BCUT2D eigenvalue weighted by Gasteiger charge is -2.01. The van der Waals surface area contributed by atoms with E-state index < -0.39 is 0 Å². The molecule has 15 heavy (non-hydrogen) atoms. The maximum atomic E-state index is 11.3. The summed E-state index contributed by atoms with van der Waals surface area (Å²) >= 11 is 0. The fraction of sp³-hybridized carbons (Fsp3) is 0.0909. The van der Waals surface area contributed by atoms with Crippen molar-refractivity contribution < 1.29 is 4.79 Å². The van der Waals surface area contributed by atoms with E-state index in [2.05, 4.69) is 15.5 Å². The molecule has 1 aromatic heterocycles. The second-order valence-electron chi connectivity index (χ2n) is 3.16. The van der Waals surface area contributed by atoms with E-state index in [9.17, 15) is 4.79 Å². The summed E-state index contributed by atoms with van der Waals surface area (Å²) in [5.74, 6) is -0.125. The first-order valence-corrected chi connectivity index (χ1v) is 4.66. The highest BCUT2D eigenvalue weighted by atomic mass is 16.1. The quantitative estimate of drug-likeness (QED) is 0.731. The second kappa shape index (κ2) is 3.96. The van der Waals surface area contributed by atoms with Crippen molar-refractivity contribution in [1.29, 1.82) is 0 Å². The number of nitrogens with one attached hydrogen (secondary N) is 2. The number of rotatable bonds is 2. The van der Waals surface area contributed by atoms with Crippen LogP contribution in [0.25, 0.3) is 10.9 Å². The summed E-state index contributed by atoms with van der Waals surface area (Å²) in [4.78, 5) is 11.3. The van der Waals surface area contributed by atoms with Gasteiger partial charge in [-0.15, -0.1) is 0 Å². The molecule has 0 spiro atoms. The normalized spacial score (nSPS) is 11.0. The van der Waals surface area contributed by atoms with Crippen molar-refractivity contribution in [2.24, 2.45) is 0 Å². The number of carbonyl (C=O) groups is 1. The Labute approximate surface area is 87.0 Å². The third-order valence-corrected chi connectivity index (χ3v) is 2.03. The molecule has 1 aromatic carbocycles. The van der Waals surface area contributed by atoms with Crippen molar-refractivity contribution in [3.63, 3.8) is 0 Å². The number of amides is 1. The average Bonchev–Trinajstić information content (AvgIpc) is 2.65. The van der Waals surface area contributed by atoms with Gasteiger partial charge in [0.05, 0.1) is 11.7 Å². The Bertz CT molecular complexity index is 513. The number of hydrogen-bond donors (Lipinski definition) is 2. The van der Waals surface area contributed by atoms with Gasteiger partial charge in [0.2, 0.25) is 5.91 Å². The Balaban J connectivity index is 2.24. The van der Waals surface area contributed by atoms with Gasteiger partial charge in [0.15, 0.2) is 0 Å². The van der Waals surface area contributed by atoms with E-state index in [1.807, 2.05) is 18.2 Å². The second-order valence-corrected chi connectivity index (χ2v) is 3.16. The van der Waals surface area contributed by atoms with Crippen LogP contribution in [-0.2, 0) is 4.79 Å². The largest absolute Gasteiger partial charge is 0.322 e. The van der Waals surface area contributed by atoms with Crippen LogP contribution in [0.1, 0.15) is 6.92 Å². The van der Waals surface area contributed by atoms with Crippen LogP contribution in [-0.4, -0.2) is 16.1 Å². The fourth-order valence-corrected chi connectivity index (χ4v) is 1.36. The van der Waals surface area contributed by atoms with Crippen LogP contribution in [0.15, 0.2) is 36.5 Å². The Morgan fingerprint density at radius 1 is 1.53 bits per heavy atom. The summed E-state index contributed by atoms with van der Waals surface area (Å²) in [6, 6.07) is 5.59. The Morgan fingerprint density at radius 2 is 2.40 bits per heavy atom. The van der Waals surface area contributed by atoms with E-state index in [-0.39, 0.29) is 5.91 Å². The molecule has 2 N–H and O–H groups in total. The standard InChI is InChI=1S/C11H11N3O/c1-2-3-11(15)13-9-4-5-10-8(6-9)7-12-14-10/h2-7H,1H3,(H,12,14)(H,13,15)/b3-2+. The molecule has 0 saturated heterocycles. The Morgan fingerprint density at radius 3 is 3.20 bits per heavy atom. The molecule has 0 aliphatic rings. The predicted octanol–water partition coefficient (Wildman–Crippen LogP) is 2.08. The summed E-state index contributed by atoms with van der Waals surface area (Å²) < 4.78 is 0. The van der Waals surface area contributed by atoms with E-state index >= 15 is 0 Å². The molecule has 0 bridgehead atoms. The molecule has 0 radical (unpaired) electrons. The van der Waals surface area contributed by atoms with Crippen molar-refractivity contribution in [3.8, 4) is 0 Å². The summed E-state index contributed by atoms with van der Waals surface area (Å²) in [5.41, 5.74) is 1.73. The van der Waals surface area contributed by atoms with Crippen LogP contribution < -0.4 is 5.32 Å². The molecular formula is C11H11N3O. The minimum absolute atomic E-state index is 0.125. The van der Waals surface area contributed by atoms with Crippen molar-refractivity contribution >= 4 is 22.5 Å². The molecule has 0 unspecified atom stereocenters. The molecule has 0 aliphatic carbocycles. The fourth-order valence-electron chi connectivity index (χ4n) is 1.36. The topological polar surface area (TPSA) is 57.8 Å². The SMILES string of the molecule is C/C=C/C(=O)Nc1ccc2[nH]ncc2c1. The number of nitrogens with zero attached hydrogens (tertiary/aromatic N) is 1. The third-order valence-electron chi connectivity index (χ3n) is 2.03. The van der Waals surface area contributed by atoms with Gasteiger partial charge in [-0.25, -0.2) is 0 Å². The Hall–Kier alpha value is -2.10. The van der Waals surface area contributed by atoms with Gasteiger partial charge in [-0.1, -0.05) is 6.08 Å². The summed E-state index contributed by atoms with van der Waals surface area (Å²) in [6.07, 6.45) is 4.91. The average molecular weight is 201 g/mol. The van der Waals surface area contributed by atoms with Crippen molar-refractivity contribution in [1.82, 2.24) is 10.2 Å². The van der Waals surface area contributed by atoms with Gasteiger partial charge >= 0.3 is 0 Å². The van der Waals surface area contributed by atoms with Gasteiger partial charge in [0, 0.05) is 11.1 Å². The molecule has 2 aromatic rings. The molecule has 0 saturated carbocycles. The number of hydrogen-bond acceptors (Lipinski definition) is 2. The monoisotopic (exact) mass is 201 g/mol. The van der Waals surface area contributed by atoms with Crippen molar-refractivity contribution in [2.75, 3.05) is 5.32 Å². The highest BCUT2D eigenvalue weighted by molar-refractivity contribution is 6.00. The molecule has 4 nitrogen and oxygen atoms in total. The summed E-state index contributed by atoms with van der Waals surface area (Å²) in [7, 11) is 0. The molecule has 0 atom stereocenters. The minimum atomic E-state index is -0.125. The molecule has 1 amide bonds. The number of aromatic nitrogens is 2. The molecule has 4 heteroatoms. The first-order valence-electron chi connectivity index (χ1n) is 4.66. The number of allylic oxidation sites excluding steroid dienone is 1. The summed E-state index contributed by atoms with van der Waals surface area (Å²) in [6.45, 7) is 1.80. The van der Waals surface area contributed by atoms with E-state index in [0.29, 0.717) is 0 Å². The van der Waals surface area contributed by atoms with Crippen LogP contribution in [0.3, 0.4) is 0 Å². The predicted molar refractivity (Wildman–Crippen MR) is 59.5 cm³/mol. The van der Waals surface area contributed by atoms with Gasteiger partial charge in [0.1, 0.15) is 0 Å². The number of fused-ring (bicyclic) bond motifs is 1. The first-order chi connectivity index (χ1) is 7.29. The van der Waals surface area contributed by atoms with Crippen LogP contribution in [0.4, 0.5) is 5.69 Å². The number of anilines is 1. The van der Waals surface area contributed by atoms with Gasteiger partial charge in [0.25, 0.3) is 0 Å². The van der Waals surface area contributed by atoms with Crippen LogP contribution in [0.5, 0.6) is 0 Å². The van der Waals surface area contributed by atoms with E-state index in [4.69, 9.17) is 0 Å². The molecule has 76 valence electrons. The van der Waals surface area contributed by atoms with Gasteiger partial charge < -0.3 is 5.32 Å². The molecule has 2 rings (SSSR count).